The van der Waals surface area contributed by atoms with Crippen molar-refractivity contribution in [3.63, 3.8) is 0 Å². The van der Waals surface area contributed by atoms with Crippen molar-refractivity contribution in [3.8, 4) is 0 Å². The Bertz CT molecular complexity index is 412. The second kappa shape index (κ2) is 4.71. The van der Waals surface area contributed by atoms with Crippen LogP contribution in [0.3, 0.4) is 0 Å². The molecule has 15 heavy (non-hydrogen) atoms. The van der Waals surface area contributed by atoms with E-state index in [2.05, 4.69) is 20.9 Å². The van der Waals surface area contributed by atoms with Crippen LogP contribution in [-0.4, -0.2) is 11.5 Å². The lowest BCUT2D eigenvalue weighted by Gasteiger charge is -2.11. The molecule has 1 fully saturated rings. The fraction of sp³-hybridized carbons (Fsp3) is 0.333. The van der Waals surface area contributed by atoms with Gasteiger partial charge < -0.3 is 0 Å². The maximum Gasteiger partial charge on any atom is 0.138 e. The van der Waals surface area contributed by atoms with Gasteiger partial charge in [-0.25, -0.2) is 0 Å². The van der Waals surface area contributed by atoms with E-state index in [0.717, 1.165) is 35.1 Å². The highest BCUT2D eigenvalue weighted by Gasteiger charge is 2.14. The molecule has 2 nitrogen and oxygen atoms in total. The number of hydrogen-bond donors (Lipinski definition) is 0. The van der Waals surface area contributed by atoms with Crippen LogP contribution >= 0.6 is 15.9 Å². The Hall–Kier alpha value is -0.960. The molecule has 0 radical (unpaired) electrons. The van der Waals surface area contributed by atoms with E-state index in [1.807, 2.05) is 24.3 Å². The maximum absolute atomic E-state index is 11.3. The van der Waals surface area contributed by atoms with Gasteiger partial charge >= 0.3 is 0 Å². The van der Waals surface area contributed by atoms with E-state index in [0.29, 0.717) is 12.2 Å². The average molecular weight is 266 g/mol. The van der Waals surface area contributed by atoms with Crippen LogP contribution < -0.4 is 0 Å². The molecule has 1 aromatic carbocycles. The van der Waals surface area contributed by atoms with Crippen molar-refractivity contribution in [2.45, 2.75) is 25.7 Å². The number of aliphatic imine (C=N–C) groups is 1. The molecular formula is C12H12BrNO. The third kappa shape index (κ3) is 2.75. The molecule has 1 aromatic rings. The van der Waals surface area contributed by atoms with Crippen LogP contribution in [0.1, 0.15) is 25.7 Å². The molecule has 1 saturated carbocycles. The third-order valence-corrected chi connectivity index (χ3v) is 3.12. The summed E-state index contributed by atoms with van der Waals surface area (Å²) in [5, 5.41) is 0. The Morgan fingerprint density at radius 2 is 2.00 bits per heavy atom. The minimum Gasteiger partial charge on any atom is -0.299 e. The molecule has 78 valence electrons. The summed E-state index contributed by atoms with van der Waals surface area (Å²) in [6.45, 7) is 0. The average Bonchev–Trinajstić information content (AvgIpc) is 2.22. The molecule has 0 spiro atoms. The van der Waals surface area contributed by atoms with E-state index >= 15 is 0 Å². The van der Waals surface area contributed by atoms with Crippen LogP contribution in [0.25, 0.3) is 0 Å². The van der Waals surface area contributed by atoms with Crippen LogP contribution in [0.4, 0.5) is 5.69 Å². The zero-order valence-electron chi connectivity index (χ0n) is 8.37. The van der Waals surface area contributed by atoms with E-state index in [9.17, 15) is 4.79 Å². The quantitative estimate of drug-likeness (QED) is 0.762. The van der Waals surface area contributed by atoms with Gasteiger partial charge in [-0.05, 0) is 40.9 Å². The third-order valence-electron chi connectivity index (χ3n) is 2.45. The number of hydrogen-bond acceptors (Lipinski definition) is 2. The van der Waals surface area contributed by atoms with Crippen molar-refractivity contribution < 1.29 is 4.79 Å². The first-order chi connectivity index (χ1) is 7.25. The smallest absolute Gasteiger partial charge is 0.138 e. The van der Waals surface area contributed by atoms with Crippen LogP contribution in [0.5, 0.6) is 0 Å². The van der Waals surface area contributed by atoms with E-state index in [-0.39, 0.29) is 0 Å². The Kier molecular flexibility index (Phi) is 3.31. The van der Waals surface area contributed by atoms with Gasteiger partial charge in [0.05, 0.1) is 5.69 Å². The SMILES string of the molecule is O=C1CCCC(=Nc2ccccc2Br)C1. The van der Waals surface area contributed by atoms with Crippen LogP contribution in [-0.2, 0) is 4.79 Å². The Morgan fingerprint density at radius 1 is 1.20 bits per heavy atom. The lowest BCUT2D eigenvalue weighted by Crippen LogP contribution is -2.13. The van der Waals surface area contributed by atoms with Crippen LogP contribution in [0, 0.1) is 0 Å². The molecule has 2 rings (SSSR count). The normalized spacial score (nSPS) is 19.5. The van der Waals surface area contributed by atoms with Gasteiger partial charge in [0.25, 0.3) is 0 Å². The number of rotatable bonds is 1. The van der Waals surface area contributed by atoms with Gasteiger partial charge in [0, 0.05) is 23.0 Å². The van der Waals surface area contributed by atoms with Crippen LogP contribution in [0.2, 0.25) is 0 Å². The second-order valence-corrected chi connectivity index (χ2v) is 4.55. The summed E-state index contributed by atoms with van der Waals surface area (Å²) >= 11 is 3.45. The van der Waals surface area contributed by atoms with E-state index in [4.69, 9.17) is 0 Å². The minimum atomic E-state index is 0.312. The highest BCUT2D eigenvalue weighted by Crippen LogP contribution is 2.26. The van der Waals surface area contributed by atoms with E-state index < -0.39 is 0 Å². The fourth-order valence-electron chi connectivity index (χ4n) is 1.70. The molecule has 0 aromatic heterocycles. The van der Waals surface area contributed by atoms with Gasteiger partial charge in [-0.1, -0.05) is 12.1 Å². The van der Waals surface area contributed by atoms with Gasteiger partial charge in [-0.3, -0.25) is 9.79 Å². The summed E-state index contributed by atoms with van der Waals surface area (Å²) in [6.07, 6.45) is 3.14. The first kappa shape index (κ1) is 10.6. The summed E-state index contributed by atoms with van der Waals surface area (Å²) < 4.78 is 0.982. The first-order valence-corrected chi connectivity index (χ1v) is 5.87. The Balaban J connectivity index is 2.22. The van der Waals surface area contributed by atoms with Crippen molar-refractivity contribution in [1.82, 2.24) is 0 Å². The Labute approximate surface area is 97.5 Å². The topological polar surface area (TPSA) is 29.4 Å². The van der Waals surface area contributed by atoms with Crippen LogP contribution in [0.15, 0.2) is 33.7 Å². The second-order valence-electron chi connectivity index (χ2n) is 3.70. The molecule has 0 unspecified atom stereocenters. The lowest BCUT2D eigenvalue weighted by atomic mass is 9.97. The standard InChI is InChI=1S/C12H12BrNO/c13-11-6-1-2-7-12(11)14-9-4-3-5-10(15)8-9/h1-2,6-7H,3-5,8H2. The van der Waals surface area contributed by atoms with E-state index in [1.54, 1.807) is 0 Å². The highest BCUT2D eigenvalue weighted by atomic mass is 79.9. The monoisotopic (exact) mass is 265 g/mol. The van der Waals surface area contributed by atoms with Gasteiger partial charge in [0.2, 0.25) is 0 Å². The van der Waals surface area contributed by atoms with Crippen molar-refractivity contribution in [2.75, 3.05) is 0 Å². The zero-order chi connectivity index (χ0) is 10.7. The minimum absolute atomic E-state index is 0.312. The predicted octanol–water partition coefficient (Wildman–Crippen LogP) is 3.66. The number of nitrogens with zero attached hydrogens (tertiary/aromatic N) is 1. The van der Waals surface area contributed by atoms with Crippen molar-refractivity contribution in [1.29, 1.82) is 0 Å². The summed E-state index contributed by atoms with van der Waals surface area (Å²) in [4.78, 5) is 15.8. The zero-order valence-corrected chi connectivity index (χ0v) is 9.96. The number of halogens is 1. The van der Waals surface area contributed by atoms with Gasteiger partial charge in [0.1, 0.15) is 5.78 Å². The first-order valence-electron chi connectivity index (χ1n) is 5.08. The highest BCUT2D eigenvalue weighted by molar-refractivity contribution is 9.10. The number of para-hydroxylation sites is 1. The fourth-order valence-corrected chi connectivity index (χ4v) is 2.08. The molecular weight excluding hydrogens is 254 g/mol. The van der Waals surface area contributed by atoms with Crippen molar-refractivity contribution in [3.05, 3.63) is 28.7 Å². The predicted molar refractivity (Wildman–Crippen MR) is 64.7 cm³/mol. The lowest BCUT2D eigenvalue weighted by molar-refractivity contribution is -0.118. The number of carbonyl (C=O) groups excluding carboxylic acids is 1. The summed E-state index contributed by atoms with van der Waals surface area (Å²) in [5.74, 6) is 0.312. The van der Waals surface area contributed by atoms with Gasteiger partial charge in [0.15, 0.2) is 0 Å². The number of ketones is 1. The van der Waals surface area contributed by atoms with Crippen molar-refractivity contribution in [2.24, 2.45) is 4.99 Å². The number of Topliss-reactive ketones (excluding diaryl/α,β-unsaturated/α-hetero) is 1. The molecule has 3 heteroatoms. The summed E-state index contributed by atoms with van der Waals surface area (Å²) in [7, 11) is 0. The molecule has 0 heterocycles. The van der Waals surface area contributed by atoms with Gasteiger partial charge in [-0.2, -0.15) is 0 Å². The number of carbonyl (C=O) groups is 1. The molecule has 1 aliphatic carbocycles. The molecule has 0 saturated heterocycles. The molecule has 1 aliphatic rings. The molecule has 0 amide bonds. The molecule has 0 atom stereocenters. The summed E-state index contributed by atoms with van der Waals surface area (Å²) in [6, 6.07) is 7.83. The van der Waals surface area contributed by atoms with Crippen molar-refractivity contribution >= 4 is 33.1 Å². The van der Waals surface area contributed by atoms with E-state index in [1.165, 1.54) is 0 Å². The molecule has 0 bridgehead atoms. The summed E-state index contributed by atoms with van der Waals surface area (Å²) in [5.41, 5.74) is 1.93. The molecule has 0 aliphatic heterocycles. The maximum atomic E-state index is 11.3. The number of benzene rings is 1. The molecule has 0 N–H and O–H groups in total. The largest absolute Gasteiger partial charge is 0.299 e. The van der Waals surface area contributed by atoms with Gasteiger partial charge in [-0.15, -0.1) is 0 Å². The Morgan fingerprint density at radius 3 is 2.73 bits per heavy atom.